The van der Waals surface area contributed by atoms with Crippen LogP contribution in [0.5, 0.6) is 0 Å². The Morgan fingerprint density at radius 1 is 1.25 bits per heavy atom. The number of hydrogen-bond acceptors (Lipinski definition) is 2. The molecule has 0 radical (unpaired) electrons. The maximum Gasteiger partial charge on any atom is 0.0621 e. The van der Waals surface area contributed by atoms with Crippen LogP contribution in [0.25, 0.3) is 0 Å². The van der Waals surface area contributed by atoms with E-state index in [0.717, 1.165) is 12.3 Å². The van der Waals surface area contributed by atoms with Crippen LogP contribution >= 0.6 is 0 Å². The summed E-state index contributed by atoms with van der Waals surface area (Å²) in [6.07, 6.45) is 7.65. The van der Waals surface area contributed by atoms with Crippen LogP contribution in [0.2, 0.25) is 0 Å². The first kappa shape index (κ1) is 12.4. The maximum absolute atomic E-state index is 9.73. The van der Waals surface area contributed by atoms with Crippen molar-refractivity contribution in [2.75, 3.05) is 0 Å². The predicted octanol–water partition coefficient (Wildman–Crippen LogP) is 2.70. The van der Waals surface area contributed by atoms with Gasteiger partial charge in [0.15, 0.2) is 0 Å². The van der Waals surface area contributed by atoms with E-state index in [1.165, 1.54) is 32.1 Å². The van der Waals surface area contributed by atoms with Gasteiger partial charge in [0, 0.05) is 17.5 Å². The van der Waals surface area contributed by atoms with E-state index in [4.69, 9.17) is 0 Å². The van der Waals surface area contributed by atoms with Crippen LogP contribution < -0.4 is 5.32 Å². The fourth-order valence-electron chi connectivity index (χ4n) is 3.28. The van der Waals surface area contributed by atoms with Crippen LogP contribution in [0.4, 0.5) is 0 Å². The Balaban J connectivity index is 1.82. The zero-order valence-corrected chi connectivity index (χ0v) is 11.0. The molecular weight excluding hydrogens is 198 g/mol. The van der Waals surface area contributed by atoms with Gasteiger partial charge in [0.25, 0.3) is 0 Å². The summed E-state index contributed by atoms with van der Waals surface area (Å²) >= 11 is 0. The second kappa shape index (κ2) is 4.66. The van der Waals surface area contributed by atoms with Crippen molar-refractivity contribution >= 4 is 0 Å². The molecule has 0 aromatic rings. The first-order chi connectivity index (χ1) is 7.54. The summed E-state index contributed by atoms with van der Waals surface area (Å²) in [5.74, 6) is 0.930. The number of rotatable bonds is 3. The van der Waals surface area contributed by atoms with Crippen molar-refractivity contribution in [3.05, 3.63) is 0 Å². The minimum Gasteiger partial charge on any atom is -0.392 e. The summed E-state index contributed by atoms with van der Waals surface area (Å²) in [5, 5.41) is 13.5. The zero-order valence-electron chi connectivity index (χ0n) is 11.0. The summed E-state index contributed by atoms with van der Waals surface area (Å²) < 4.78 is 0. The number of nitrogens with one attached hydrogen (secondary N) is 1. The molecule has 2 rings (SSSR count). The third-order valence-corrected chi connectivity index (χ3v) is 5.01. The summed E-state index contributed by atoms with van der Waals surface area (Å²) in [4.78, 5) is 0. The molecule has 0 amide bonds. The van der Waals surface area contributed by atoms with Crippen LogP contribution in [-0.2, 0) is 0 Å². The molecule has 0 aromatic carbocycles. The van der Waals surface area contributed by atoms with Crippen LogP contribution in [-0.4, -0.2) is 23.3 Å². The molecule has 2 heteroatoms. The Morgan fingerprint density at radius 3 is 2.56 bits per heavy atom. The highest BCUT2D eigenvalue weighted by Crippen LogP contribution is 2.41. The lowest BCUT2D eigenvalue weighted by Crippen LogP contribution is -2.62. The molecule has 0 aromatic heterocycles. The quantitative estimate of drug-likeness (QED) is 0.774. The lowest BCUT2D eigenvalue weighted by atomic mass is 9.64. The van der Waals surface area contributed by atoms with Crippen molar-refractivity contribution in [2.24, 2.45) is 11.3 Å². The van der Waals surface area contributed by atoms with Crippen LogP contribution in [0, 0.1) is 11.3 Å². The highest BCUT2D eigenvalue weighted by atomic mass is 16.3. The van der Waals surface area contributed by atoms with Crippen LogP contribution in [0.1, 0.15) is 59.3 Å². The second-order valence-corrected chi connectivity index (χ2v) is 6.43. The minimum atomic E-state index is -0.101. The molecule has 2 N–H and O–H groups in total. The van der Waals surface area contributed by atoms with Gasteiger partial charge in [0.05, 0.1) is 6.10 Å². The third kappa shape index (κ3) is 2.28. The van der Waals surface area contributed by atoms with Crippen molar-refractivity contribution in [3.63, 3.8) is 0 Å². The van der Waals surface area contributed by atoms with Crippen molar-refractivity contribution in [1.29, 1.82) is 0 Å². The van der Waals surface area contributed by atoms with E-state index in [-0.39, 0.29) is 11.5 Å². The van der Waals surface area contributed by atoms with E-state index in [0.29, 0.717) is 12.1 Å². The minimum absolute atomic E-state index is 0.0825. The van der Waals surface area contributed by atoms with Gasteiger partial charge in [-0.1, -0.05) is 40.0 Å². The molecule has 0 bridgehead atoms. The predicted molar refractivity (Wildman–Crippen MR) is 67.4 cm³/mol. The number of hydrogen-bond donors (Lipinski definition) is 2. The van der Waals surface area contributed by atoms with Gasteiger partial charge in [0.2, 0.25) is 0 Å². The monoisotopic (exact) mass is 225 g/mol. The SMILES string of the molecule is CCC1CCCC(NC2CC(O)C2(C)C)C1. The van der Waals surface area contributed by atoms with Gasteiger partial charge < -0.3 is 10.4 Å². The average molecular weight is 225 g/mol. The van der Waals surface area contributed by atoms with Gasteiger partial charge in [-0.3, -0.25) is 0 Å². The first-order valence-corrected chi connectivity index (χ1v) is 6.98. The van der Waals surface area contributed by atoms with Crippen molar-refractivity contribution < 1.29 is 5.11 Å². The Morgan fingerprint density at radius 2 is 2.00 bits per heavy atom. The molecule has 16 heavy (non-hydrogen) atoms. The van der Waals surface area contributed by atoms with E-state index in [1.54, 1.807) is 0 Å². The van der Waals surface area contributed by atoms with Crippen molar-refractivity contribution in [3.8, 4) is 0 Å². The summed E-state index contributed by atoms with van der Waals surface area (Å²) in [6, 6.07) is 1.23. The summed E-state index contributed by atoms with van der Waals surface area (Å²) in [5.41, 5.74) is 0.0825. The largest absolute Gasteiger partial charge is 0.392 e. The van der Waals surface area contributed by atoms with Crippen LogP contribution in [0.3, 0.4) is 0 Å². The van der Waals surface area contributed by atoms with Gasteiger partial charge >= 0.3 is 0 Å². The Bertz CT molecular complexity index is 239. The van der Waals surface area contributed by atoms with Gasteiger partial charge in [-0.25, -0.2) is 0 Å². The first-order valence-electron chi connectivity index (χ1n) is 6.98. The molecule has 2 aliphatic rings. The molecule has 2 fully saturated rings. The van der Waals surface area contributed by atoms with Gasteiger partial charge in [-0.15, -0.1) is 0 Å². The molecule has 0 aliphatic heterocycles. The normalized spacial score (nSPS) is 42.8. The van der Waals surface area contributed by atoms with E-state index in [9.17, 15) is 5.11 Å². The fourth-order valence-corrected chi connectivity index (χ4v) is 3.28. The van der Waals surface area contributed by atoms with E-state index >= 15 is 0 Å². The van der Waals surface area contributed by atoms with Gasteiger partial charge in [-0.2, -0.15) is 0 Å². The summed E-state index contributed by atoms with van der Waals surface area (Å²) in [6.45, 7) is 6.67. The topological polar surface area (TPSA) is 32.3 Å². The number of aliphatic hydroxyl groups excluding tert-OH is 1. The molecule has 0 spiro atoms. The zero-order chi connectivity index (χ0) is 11.8. The molecule has 0 heterocycles. The van der Waals surface area contributed by atoms with Gasteiger partial charge in [-0.05, 0) is 25.2 Å². The molecule has 4 unspecified atom stereocenters. The molecule has 2 aliphatic carbocycles. The molecule has 0 saturated heterocycles. The molecule has 2 saturated carbocycles. The third-order valence-electron chi connectivity index (χ3n) is 5.01. The van der Waals surface area contributed by atoms with Crippen molar-refractivity contribution in [2.45, 2.75) is 77.5 Å². The lowest BCUT2D eigenvalue weighted by molar-refractivity contribution is -0.0777. The Hall–Kier alpha value is -0.0800. The molecule has 2 nitrogen and oxygen atoms in total. The van der Waals surface area contributed by atoms with Gasteiger partial charge in [0.1, 0.15) is 0 Å². The van der Waals surface area contributed by atoms with E-state index in [2.05, 4.69) is 26.1 Å². The standard InChI is InChI=1S/C14H27NO/c1-4-10-6-5-7-11(8-10)15-12-9-13(16)14(12,2)3/h10-13,15-16H,4-9H2,1-3H3. The van der Waals surface area contributed by atoms with E-state index < -0.39 is 0 Å². The van der Waals surface area contributed by atoms with Crippen LogP contribution in [0.15, 0.2) is 0 Å². The number of aliphatic hydroxyl groups is 1. The highest BCUT2D eigenvalue weighted by Gasteiger charge is 2.47. The fraction of sp³-hybridized carbons (Fsp3) is 1.00. The Labute approximate surface area is 99.8 Å². The van der Waals surface area contributed by atoms with E-state index in [1.807, 2.05) is 0 Å². The lowest BCUT2D eigenvalue weighted by Gasteiger charge is -2.51. The van der Waals surface area contributed by atoms with Crippen molar-refractivity contribution in [1.82, 2.24) is 5.32 Å². The molecule has 4 atom stereocenters. The summed E-state index contributed by atoms with van der Waals surface area (Å²) in [7, 11) is 0. The second-order valence-electron chi connectivity index (χ2n) is 6.43. The molecular formula is C14H27NO. The highest BCUT2D eigenvalue weighted by molar-refractivity contribution is 5.03. The Kier molecular flexibility index (Phi) is 3.60. The molecule has 94 valence electrons. The maximum atomic E-state index is 9.73. The smallest absolute Gasteiger partial charge is 0.0621 e. The average Bonchev–Trinajstić information content (AvgIpc) is 2.29.